The Hall–Kier alpha value is -1.07. The van der Waals surface area contributed by atoms with Gasteiger partial charge in [0.15, 0.2) is 0 Å². The lowest BCUT2D eigenvalue weighted by Crippen LogP contribution is -2.46. The molecule has 0 radical (unpaired) electrons. The van der Waals surface area contributed by atoms with Crippen molar-refractivity contribution in [2.75, 3.05) is 25.9 Å². The van der Waals surface area contributed by atoms with Crippen LogP contribution in [0.2, 0.25) is 0 Å². The summed E-state index contributed by atoms with van der Waals surface area (Å²) in [6.07, 6.45) is 1.07. The van der Waals surface area contributed by atoms with Gasteiger partial charge in [-0.3, -0.25) is 4.79 Å². The Morgan fingerprint density at radius 3 is 2.85 bits per heavy atom. The molecule has 1 heterocycles. The lowest BCUT2D eigenvalue weighted by atomic mass is 9.95. The minimum Gasteiger partial charge on any atom is -0.398 e. The summed E-state index contributed by atoms with van der Waals surface area (Å²) < 4.78 is 6.30. The number of amides is 1. The second kappa shape index (κ2) is 6.14. The van der Waals surface area contributed by atoms with Crippen LogP contribution in [0.4, 0.5) is 5.69 Å². The average molecular weight is 341 g/mol. The van der Waals surface area contributed by atoms with E-state index in [9.17, 15) is 4.79 Å². The van der Waals surface area contributed by atoms with Gasteiger partial charge in [-0.05, 0) is 37.0 Å². The molecule has 2 unspecified atom stereocenters. The van der Waals surface area contributed by atoms with Crippen molar-refractivity contribution in [3.05, 3.63) is 27.7 Å². The first-order valence-electron chi connectivity index (χ1n) is 6.81. The van der Waals surface area contributed by atoms with Gasteiger partial charge in [-0.2, -0.15) is 0 Å². The van der Waals surface area contributed by atoms with Crippen LogP contribution in [0.15, 0.2) is 16.6 Å². The molecule has 0 spiro atoms. The number of piperidine rings is 1. The van der Waals surface area contributed by atoms with Crippen molar-refractivity contribution >= 4 is 27.5 Å². The van der Waals surface area contributed by atoms with Gasteiger partial charge in [0.25, 0.3) is 5.91 Å². The number of rotatable bonds is 2. The maximum atomic E-state index is 12.7. The number of methoxy groups -OCH3 is 1. The first-order chi connectivity index (χ1) is 9.43. The van der Waals surface area contributed by atoms with Crippen molar-refractivity contribution in [1.29, 1.82) is 0 Å². The predicted octanol–water partition coefficient (Wildman–Crippen LogP) is 2.84. The summed E-state index contributed by atoms with van der Waals surface area (Å²) in [7, 11) is 1.71. The molecule has 4 nitrogen and oxygen atoms in total. The van der Waals surface area contributed by atoms with Gasteiger partial charge in [-0.1, -0.05) is 22.9 Å². The normalized spacial score (nSPS) is 22.9. The summed E-state index contributed by atoms with van der Waals surface area (Å²) in [5.41, 5.74) is 8.08. The van der Waals surface area contributed by atoms with Gasteiger partial charge in [0.1, 0.15) is 0 Å². The fourth-order valence-corrected chi connectivity index (χ4v) is 3.09. The van der Waals surface area contributed by atoms with E-state index >= 15 is 0 Å². The Bertz CT molecular complexity index is 519. The van der Waals surface area contributed by atoms with Crippen LogP contribution in [0.5, 0.6) is 0 Å². The van der Waals surface area contributed by atoms with E-state index in [2.05, 4.69) is 22.9 Å². The number of likely N-dealkylation sites (tertiary alicyclic amines) is 1. The van der Waals surface area contributed by atoms with Crippen LogP contribution in [0, 0.1) is 12.8 Å². The second-order valence-corrected chi connectivity index (χ2v) is 6.37. The number of carbonyl (C=O) groups excluding carboxylic acids is 1. The molecule has 0 saturated carbocycles. The molecule has 0 aliphatic carbocycles. The molecule has 5 heteroatoms. The highest BCUT2D eigenvalue weighted by Crippen LogP contribution is 2.26. The van der Waals surface area contributed by atoms with Crippen molar-refractivity contribution in [3.63, 3.8) is 0 Å². The molecule has 1 saturated heterocycles. The van der Waals surface area contributed by atoms with E-state index in [1.54, 1.807) is 7.11 Å². The number of nitrogen functional groups attached to an aromatic ring is 1. The first-order valence-corrected chi connectivity index (χ1v) is 7.61. The van der Waals surface area contributed by atoms with Gasteiger partial charge >= 0.3 is 0 Å². The SMILES string of the molecule is COC1CN(C(=O)c2cc(Br)cc(N)c2C)CCC1C. The fraction of sp³-hybridized carbons (Fsp3) is 0.533. The molecule has 110 valence electrons. The van der Waals surface area contributed by atoms with Gasteiger partial charge in [-0.25, -0.2) is 0 Å². The summed E-state index contributed by atoms with van der Waals surface area (Å²) in [5, 5.41) is 0. The topological polar surface area (TPSA) is 55.6 Å². The predicted molar refractivity (Wildman–Crippen MR) is 83.8 cm³/mol. The summed E-state index contributed by atoms with van der Waals surface area (Å²) in [6.45, 7) is 5.46. The molecule has 1 aliphatic rings. The first kappa shape index (κ1) is 15.3. The van der Waals surface area contributed by atoms with E-state index < -0.39 is 0 Å². The molecular weight excluding hydrogens is 320 g/mol. The number of hydrogen-bond donors (Lipinski definition) is 1. The zero-order chi connectivity index (χ0) is 14.9. The van der Waals surface area contributed by atoms with Crippen molar-refractivity contribution in [1.82, 2.24) is 4.90 Å². The Morgan fingerprint density at radius 2 is 2.20 bits per heavy atom. The summed E-state index contributed by atoms with van der Waals surface area (Å²) in [5.74, 6) is 0.516. The summed E-state index contributed by atoms with van der Waals surface area (Å²) >= 11 is 3.40. The molecule has 20 heavy (non-hydrogen) atoms. The zero-order valence-corrected chi connectivity index (χ0v) is 13.7. The largest absolute Gasteiger partial charge is 0.398 e. The molecule has 2 N–H and O–H groups in total. The number of carbonyl (C=O) groups is 1. The van der Waals surface area contributed by atoms with Crippen molar-refractivity contribution in [3.8, 4) is 0 Å². The standard InChI is InChI=1S/C15H21BrN2O2/c1-9-4-5-18(8-14(9)20-3)15(19)12-6-11(16)7-13(17)10(12)2/h6-7,9,14H,4-5,8,17H2,1-3H3. The number of halogens is 1. The van der Waals surface area contributed by atoms with Crippen LogP contribution in [0.1, 0.15) is 29.3 Å². The Morgan fingerprint density at radius 1 is 1.50 bits per heavy atom. The highest BCUT2D eigenvalue weighted by Gasteiger charge is 2.30. The van der Waals surface area contributed by atoms with Crippen molar-refractivity contribution in [2.45, 2.75) is 26.4 Å². The molecule has 2 rings (SSSR count). The third-order valence-corrected chi connectivity index (χ3v) is 4.58. The molecule has 1 aliphatic heterocycles. The maximum Gasteiger partial charge on any atom is 0.254 e. The smallest absolute Gasteiger partial charge is 0.254 e. The maximum absolute atomic E-state index is 12.7. The third-order valence-electron chi connectivity index (χ3n) is 4.12. The number of nitrogens with two attached hydrogens (primary N) is 1. The molecular formula is C15H21BrN2O2. The number of ether oxygens (including phenoxy) is 1. The van der Waals surface area contributed by atoms with Crippen LogP contribution >= 0.6 is 15.9 Å². The highest BCUT2D eigenvalue weighted by molar-refractivity contribution is 9.10. The minimum atomic E-state index is 0.0319. The van der Waals surface area contributed by atoms with Gasteiger partial charge in [-0.15, -0.1) is 0 Å². The van der Waals surface area contributed by atoms with E-state index in [4.69, 9.17) is 10.5 Å². The summed E-state index contributed by atoms with van der Waals surface area (Å²) in [4.78, 5) is 14.6. The number of anilines is 1. The second-order valence-electron chi connectivity index (χ2n) is 5.46. The average Bonchev–Trinajstić information content (AvgIpc) is 2.42. The van der Waals surface area contributed by atoms with Crippen LogP contribution in [0.25, 0.3) is 0 Å². The van der Waals surface area contributed by atoms with Crippen LogP contribution in [-0.4, -0.2) is 37.1 Å². The van der Waals surface area contributed by atoms with Gasteiger partial charge in [0, 0.05) is 35.9 Å². The van der Waals surface area contributed by atoms with E-state index in [1.165, 1.54) is 0 Å². The fourth-order valence-electron chi connectivity index (χ4n) is 2.62. The third kappa shape index (κ3) is 2.99. The van der Waals surface area contributed by atoms with Gasteiger partial charge in [0.2, 0.25) is 0 Å². The summed E-state index contributed by atoms with van der Waals surface area (Å²) in [6, 6.07) is 3.66. The van der Waals surface area contributed by atoms with E-state index in [0.717, 1.165) is 23.0 Å². The highest BCUT2D eigenvalue weighted by atomic mass is 79.9. The Labute approximate surface area is 128 Å². The zero-order valence-electron chi connectivity index (χ0n) is 12.1. The van der Waals surface area contributed by atoms with Crippen LogP contribution < -0.4 is 5.73 Å². The molecule has 1 aromatic rings. The van der Waals surface area contributed by atoms with E-state index in [1.807, 2.05) is 24.0 Å². The molecule has 0 aromatic heterocycles. The molecule has 0 bridgehead atoms. The van der Waals surface area contributed by atoms with Crippen LogP contribution in [0.3, 0.4) is 0 Å². The molecule has 2 atom stereocenters. The quantitative estimate of drug-likeness (QED) is 0.842. The van der Waals surface area contributed by atoms with E-state index in [-0.39, 0.29) is 12.0 Å². The number of benzene rings is 1. The molecule has 1 aromatic carbocycles. The number of hydrogen-bond acceptors (Lipinski definition) is 3. The number of nitrogens with zero attached hydrogens (tertiary/aromatic N) is 1. The Balaban J connectivity index is 2.24. The molecule has 1 amide bonds. The lowest BCUT2D eigenvalue weighted by molar-refractivity contribution is -0.00159. The van der Waals surface area contributed by atoms with Crippen LogP contribution in [-0.2, 0) is 4.74 Å². The van der Waals surface area contributed by atoms with E-state index in [0.29, 0.717) is 23.7 Å². The lowest BCUT2D eigenvalue weighted by Gasteiger charge is -2.36. The minimum absolute atomic E-state index is 0.0319. The van der Waals surface area contributed by atoms with Gasteiger partial charge in [0.05, 0.1) is 6.10 Å². The monoisotopic (exact) mass is 340 g/mol. The Kier molecular flexibility index (Phi) is 4.70. The van der Waals surface area contributed by atoms with Crippen molar-refractivity contribution in [2.24, 2.45) is 5.92 Å². The van der Waals surface area contributed by atoms with Crippen molar-refractivity contribution < 1.29 is 9.53 Å². The molecule has 1 fully saturated rings. The van der Waals surface area contributed by atoms with Gasteiger partial charge < -0.3 is 15.4 Å².